The highest BCUT2D eigenvalue weighted by atomic mass is 32.1. The number of aryl methyl sites for hydroxylation is 1. The first-order valence-electron chi connectivity index (χ1n) is 30.4. The first kappa shape index (κ1) is 57.5. The molecule has 6 atom stereocenters. The van der Waals surface area contributed by atoms with Gasteiger partial charge in [-0.25, -0.2) is 9.97 Å². The molecule has 1 saturated carbocycles. The summed E-state index contributed by atoms with van der Waals surface area (Å²) < 4.78 is 19.1. The van der Waals surface area contributed by atoms with Crippen LogP contribution in [-0.2, 0) is 14.3 Å². The van der Waals surface area contributed by atoms with Gasteiger partial charge < -0.3 is 65.5 Å². The number of aliphatic hydroxyl groups excluding tert-OH is 1. The van der Waals surface area contributed by atoms with Gasteiger partial charge in [0.2, 0.25) is 17.7 Å². The minimum Gasteiger partial charge on any atom is -0.507 e. The number of thiazole rings is 1. The number of anilines is 4. The van der Waals surface area contributed by atoms with Crippen molar-refractivity contribution in [2.75, 3.05) is 85.9 Å². The van der Waals surface area contributed by atoms with E-state index in [0.29, 0.717) is 53.5 Å². The van der Waals surface area contributed by atoms with Crippen LogP contribution in [0.3, 0.4) is 0 Å². The zero-order valence-electron chi connectivity index (χ0n) is 48.5. The van der Waals surface area contributed by atoms with Crippen LogP contribution in [0, 0.1) is 24.7 Å². The molecule has 2 aromatic carbocycles. The van der Waals surface area contributed by atoms with Gasteiger partial charge in [-0.3, -0.25) is 9.59 Å². The number of amides is 2. The van der Waals surface area contributed by atoms with Gasteiger partial charge in [0.1, 0.15) is 23.8 Å². The van der Waals surface area contributed by atoms with Crippen LogP contribution in [0.4, 0.5) is 23.0 Å². The fourth-order valence-electron chi connectivity index (χ4n) is 13.8. The van der Waals surface area contributed by atoms with Gasteiger partial charge in [0.15, 0.2) is 17.4 Å². The number of aromatic hydroxyl groups is 1. The van der Waals surface area contributed by atoms with Gasteiger partial charge in [0.05, 0.1) is 51.8 Å². The smallest absolute Gasteiger partial charge is 0.243 e. The quantitative estimate of drug-likeness (QED) is 0.0524. The lowest BCUT2D eigenvalue weighted by Gasteiger charge is -2.41. The summed E-state index contributed by atoms with van der Waals surface area (Å²) in [6.07, 6.45) is 10.2. The molecule has 21 heteroatoms. The number of rotatable bonds is 19. The standard InChI is InChI=1S/C63H81N13O7S/c1-38(2)59(63(80)76-36-46(77)28-54(76)62(79)68-51(12-19-64)42-8-10-43(11-9-42)60-39(3)67-37-84-60)56-32-57(71-83-56)73-23-14-40(15-24-73)33-72-21-17-47(18-22-72)81-48-29-49(30-48)82-58-27-44(13-20-66-58)75-34-41-16-25-74(35-45(75)26-41)53-31-52(69-70-61(53)65)50-6-4-5-7-55(50)78/h4-11,13,20,27,31-32,37-38,40-41,45-49,51,54,59,77-78H,12,14-19,21-26,28-30,33-36,64H2,1-3H3,(H2,65,70)(H,68,79)/t41?,45?,46-,48?,49?,51+,54+,59-/m1/s1. The number of aromatic nitrogens is 5. The highest BCUT2D eigenvalue weighted by molar-refractivity contribution is 7.13. The number of benzene rings is 2. The molecule has 4 aromatic heterocycles. The molecule has 20 nitrogen and oxygen atoms in total. The summed E-state index contributed by atoms with van der Waals surface area (Å²) in [5.41, 5.74) is 20.5. The first-order chi connectivity index (χ1) is 40.8. The van der Waals surface area contributed by atoms with Gasteiger partial charge in [-0.1, -0.05) is 55.4 Å². The number of nitrogens with two attached hydrogens (primary N) is 2. The van der Waals surface area contributed by atoms with Crippen molar-refractivity contribution in [3.63, 3.8) is 0 Å². The second kappa shape index (κ2) is 25.4. The molecule has 1 aliphatic carbocycles. The zero-order valence-corrected chi connectivity index (χ0v) is 49.4. The van der Waals surface area contributed by atoms with Gasteiger partial charge in [0.25, 0.3) is 0 Å². The molecule has 6 fully saturated rings. The van der Waals surface area contributed by atoms with Crippen LogP contribution in [0.2, 0.25) is 0 Å². The summed E-state index contributed by atoms with van der Waals surface area (Å²) in [4.78, 5) is 49.9. The molecule has 84 heavy (non-hydrogen) atoms. The van der Waals surface area contributed by atoms with Crippen molar-refractivity contribution in [2.24, 2.45) is 23.5 Å². The third-order valence-corrected chi connectivity index (χ3v) is 19.5. The number of carbonyl (C=O) groups excluding carboxylic acids is 2. The molecule has 5 aliphatic heterocycles. The number of aliphatic hydroxyl groups is 1. The van der Waals surface area contributed by atoms with E-state index in [1.807, 2.05) is 81.0 Å². The van der Waals surface area contributed by atoms with Crippen LogP contribution >= 0.6 is 11.3 Å². The molecule has 9 heterocycles. The number of phenolic OH excluding ortho intramolecular Hbond substituents is 1. The summed E-state index contributed by atoms with van der Waals surface area (Å²) in [7, 11) is 0. The number of fused-ring (bicyclic) bond motifs is 2. The Bertz CT molecular complexity index is 3210. The van der Waals surface area contributed by atoms with Gasteiger partial charge in [-0.05, 0) is 112 Å². The van der Waals surface area contributed by atoms with Crippen molar-refractivity contribution >= 4 is 46.2 Å². The largest absolute Gasteiger partial charge is 0.507 e. The number of ether oxygens (including phenoxy) is 2. The van der Waals surface area contributed by atoms with E-state index in [-0.39, 0.29) is 66.8 Å². The van der Waals surface area contributed by atoms with Gasteiger partial charge in [-0.15, -0.1) is 21.5 Å². The van der Waals surface area contributed by atoms with Crippen LogP contribution < -0.4 is 36.2 Å². The first-order valence-corrected chi connectivity index (χ1v) is 31.3. The minimum atomic E-state index is -0.840. The Balaban J connectivity index is 0.571. The third-order valence-electron chi connectivity index (χ3n) is 18.5. The maximum atomic E-state index is 14.5. The average Bonchev–Trinajstić information content (AvgIpc) is 3.40. The predicted octanol–water partition coefficient (Wildman–Crippen LogP) is 7.57. The number of pyridine rings is 1. The molecule has 0 radical (unpaired) electrons. The van der Waals surface area contributed by atoms with Crippen LogP contribution in [0.1, 0.15) is 107 Å². The normalized spacial score (nSPS) is 24.1. The maximum Gasteiger partial charge on any atom is 0.243 e. The average molecular weight is 1160 g/mol. The molecule has 6 aliphatic rings. The molecule has 0 spiro atoms. The molecular weight excluding hydrogens is 1080 g/mol. The molecule has 2 bridgehead atoms. The van der Waals surface area contributed by atoms with Gasteiger partial charge in [0, 0.05) is 114 Å². The monoisotopic (exact) mass is 1160 g/mol. The molecule has 6 aromatic rings. The predicted molar refractivity (Wildman–Crippen MR) is 324 cm³/mol. The number of hydrogen-bond donors (Lipinski definition) is 5. The van der Waals surface area contributed by atoms with E-state index >= 15 is 0 Å². The van der Waals surface area contributed by atoms with E-state index in [2.05, 4.69) is 62.4 Å². The number of nitrogens with zero attached hydrogens (tertiary/aromatic N) is 10. The van der Waals surface area contributed by atoms with Crippen LogP contribution in [-0.4, -0.2) is 159 Å². The van der Waals surface area contributed by atoms with Crippen LogP contribution in [0.25, 0.3) is 21.7 Å². The van der Waals surface area contributed by atoms with Crippen molar-refractivity contribution in [1.82, 2.24) is 40.4 Å². The molecule has 2 amide bonds. The maximum absolute atomic E-state index is 14.5. The molecule has 5 saturated heterocycles. The highest BCUT2D eigenvalue weighted by Gasteiger charge is 2.45. The van der Waals surface area contributed by atoms with Gasteiger partial charge >= 0.3 is 0 Å². The number of carbonyl (C=O) groups is 2. The lowest BCUT2D eigenvalue weighted by molar-refractivity contribution is -0.141. The van der Waals surface area contributed by atoms with E-state index in [4.69, 9.17) is 25.5 Å². The number of β-amino-alcohol motifs (C(OH)–C–C–N with tert-alkyl or cyclic N) is 1. The number of nitrogens with one attached hydrogen (secondary N) is 1. The Kier molecular flexibility index (Phi) is 17.4. The van der Waals surface area contributed by atoms with Crippen molar-refractivity contribution in [3.05, 3.63) is 102 Å². The SMILES string of the molecule is Cc1ncsc1-c1ccc([C@H](CCN)NC(=O)[C@@H]2C[C@@H](O)CN2C(=O)[C@@H](c2cc(N3CCC(CN4CCC(OC5CC(Oc6cc(N7CC8CCN(c9cc(-c%10ccccc%10O)nnc9N)CC7C8)ccn6)C5)CC4)CC3)no2)C(C)C)cc1. The number of phenols is 1. The Labute approximate surface area is 495 Å². The van der Waals surface area contributed by atoms with Gasteiger partial charge in [-0.2, -0.15) is 0 Å². The summed E-state index contributed by atoms with van der Waals surface area (Å²) in [5.74, 6) is 2.17. The van der Waals surface area contributed by atoms with Crippen LogP contribution in [0.15, 0.2) is 89.0 Å². The van der Waals surface area contributed by atoms with Crippen molar-refractivity contribution in [1.29, 1.82) is 0 Å². The zero-order chi connectivity index (χ0) is 58.0. The van der Waals surface area contributed by atoms with Crippen molar-refractivity contribution < 1.29 is 33.8 Å². The minimum absolute atomic E-state index is 0.0638. The fraction of sp³-hybridized carbons (Fsp3) is 0.540. The summed E-state index contributed by atoms with van der Waals surface area (Å²) in [6, 6.07) is 22.4. The summed E-state index contributed by atoms with van der Waals surface area (Å²) >= 11 is 1.59. The van der Waals surface area contributed by atoms with E-state index in [0.717, 1.165) is 143 Å². The summed E-state index contributed by atoms with van der Waals surface area (Å²) in [5, 5.41) is 37.7. The second-order valence-electron chi connectivity index (χ2n) is 24.6. The Hall–Kier alpha value is -6.91. The molecule has 2 unspecified atom stereocenters. The lowest BCUT2D eigenvalue weighted by atomic mass is 9.91. The Morgan fingerprint density at radius 3 is 2.39 bits per heavy atom. The number of nitrogen functional groups attached to an aromatic ring is 1. The van der Waals surface area contributed by atoms with Crippen molar-refractivity contribution in [3.8, 4) is 33.3 Å². The topological polar surface area (TPSA) is 251 Å². The second-order valence-corrected chi connectivity index (χ2v) is 25.5. The van der Waals surface area contributed by atoms with E-state index < -0.39 is 18.1 Å². The molecule has 7 N–H and O–H groups in total. The lowest BCUT2D eigenvalue weighted by Crippen LogP contribution is -2.49. The van der Waals surface area contributed by atoms with E-state index in [9.17, 15) is 19.8 Å². The molecule has 446 valence electrons. The molecular formula is C63H81N13O7S. The number of para-hydroxylation sites is 1. The molecule has 12 rings (SSSR count). The summed E-state index contributed by atoms with van der Waals surface area (Å²) in [6.45, 7) is 13.9. The van der Waals surface area contributed by atoms with Crippen LogP contribution in [0.5, 0.6) is 11.6 Å². The number of likely N-dealkylation sites (tertiary alicyclic amines) is 2. The highest BCUT2D eigenvalue weighted by Crippen LogP contribution is 2.40. The Morgan fingerprint density at radius 2 is 1.64 bits per heavy atom. The van der Waals surface area contributed by atoms with E-state index in [1.54, 1.807) is 23.5 Å². The number of piperidine rings is 2. The third kappa shape index (κ3) is 12.7. The van der Waals surface area contributed by atoms with E-state index in [1.165, 1.54) is 4.90 Å². The number of hydrogen-bond acceptors (Lipinski definition) is 19. The fourth-order valence-corrected chi connectivity index (χ4v) is 14.6. The van der Waals surface area contributed by atoms with Crippen molar-refractivity contribution in [2.45, 2.75) is 133 Å². The Morgan fingerprint density at radius 1 is 0.857 bits per heavy atom.